The van der Waals surface area contributed by atoms with Crippen molar-refractivity contribution in [2.24, 2.45) is 0 Å². The molecule has 0 aliphatic rings. The molecule has 0 saturated heterocycles. The molecule has 0 aromatic heterocycles. The first-order chi connectivity index (χ1) is 13.6. The number of nitrogens with zero attached hydrogens (tertiary/aromatic N) is 1. The van der Waals surface area contributed by atoms with Crippen LogP contribution in [0.1, 0.15) is 89.5 Å². The molecule has 0 radical (unpaired) electrons. The lowest BCUT2D eigenvalue weighted by molar-refractivity contribution is -0.125. The summed E-state index contributed by atoms with van der Waals surface area (Å²) in [6, 6.07) is 10.2. The van der Waals surface area contributed by atoms with Crippen LogP contribution in [0.4, 0.5) is 0 Å². The summed E-state index contributed by atoms with van der Waals surface area (Å²) in [5.41, 5.74) is 1.21. The number of hydrogen-bond acceptors (Lipinski definition) is 2. The largest absolute Gasteiger partial charge is 0.355 e. The molecule has 0 aliphatic heterocycles. The number of hydrogen-bond donors (Lipinski definition) is 1. The van der Waals surface area contributed by atoms with Crippen LogP contribution in [-0.2, 0) is 11.2 Å². The Hall–Kier alpha value is -1.35. The number of benzene rings is 1. The molecule has 3 heteroatoms. The summed E-state index contributed by atoms with van der Waals surface area (Å²) < 4.78 is 0. The Morgan fingerprint density at radius 3 is 1.82 bits per heavy atom. The highest BCUT2D eigenvalue weighted by atomic mass is 16.2. The maximum atomic E-state index is 12.5. The van der Waals surface area contributed by atoms with Gasteiger partial charge < -0.3 is 5.32 Å². The van der Waals surface area contributed by atoms with Gasteiger partial charge in [0.2, 0.25) is 5.91 Å². The van der Waals surface area contributed by atoms with E-state index in [4.69, 9.17) is 0 Å². The number of carbonyl (C=O) groups is 1. The molecule has 3 nitrogen and oxygen atoms in total. The molecular weight excluding hydrogens is 344 g/mol. The van der Waals surface area contributed by atoms with E-state index in [1.54, 1.807) is 0 Å². The minimum Gasteiger partial charge on any atom is -0.355 e. The summed E-state index contributed by atoms with van der Waals surface area (Å²) in [4.78, 5) is 14.6. The average Bonchev–Trinajstić information content (AvgIpc) is 2.70. The second kappa shape index (κ2) is 16.6. The lowest BCUT2D eigenvalue weighted by atomic mass is 10.0. The first-order valence-corrected chi connectivity index (χ1v) is 11.6. The Balaban J connectivity index is 2.03. The molecule has 0 saturated carbocycles. The summed E-state index contributed by atoms with van der Waals surface area (Å²) in [6.45, 7) is 3.08. The molecule has 28 heavy (non-hydrogen) atoms. The number of unbranched alkanes of at least 4 members (excludes halogenated alkanes) is 11. The van der Waals surface area contributed by atoms with Crippen LogP contribution < -0.4 is 5.32 Å². The minimum absolute atomic E-state index is 0.0975. The Kier molecular flexibility index (Phi) is 14.6. The van der Waals surface area contributed by atoms with E-state index in [0.717, 1.165) is 19.4 Å². The molecular formula is C25H44N2O. The fourth-order valence-corrected chi connectivity index (χ4v) is 3.64. The molecule has 1 amide bonds. The highest BCUT2D eigenvalue weighted by Gasteiger charge is 2.20. The summed E-state index contributed by atoms with van der Waals surface area (Å²) in [5, 5.41) is 3.14. The van der Waals surface area contributed by atoms with Gasteiger partial charge in [0.05, 0.1) is 6.04 Å². The number of likely N-dealkylation sites (N-methyl/N-ethyl adjacent to an activating group) is 1. The van der Waals surface area contributed by atoms with Gasteiger partial charge in [-0.25, -0.2) is 0 Å². The van der Waals surface area contributed by atoms with Crippen LogP contribution in [0.25, 0.3) is 0 Å². The standard InChI is InChI=1S/C25H44N2O/c1-4-5-6-7-8-9-10-11-12-13-14-18-21-26-25(28)24(27(2)3)22-23-19-16-15-17-20-23/h15-17,19-20,24H,4-14,18,21-22H2,1-3H3,(H,26,28). The monoisotopic (exact) mass is 388 g/mol. The van der Waals surface area contributed by atoms with Crippen molar-refractivity contribution in [3.8, 4) is 0 Å². The third-order valence-corrected chi connectivity index (χ3v) is 5.53. The van der Waals surface area contributed by atoms with Crippen LogP contribution in [0.15, 0.2) is 30.3 Å². The SMILES string of the molecule is CCCCCCCCCCCCCCNC(=O)C(Cc1ccccc1)N(C)C. The van der Waals surface area contributed by atoms with Gasteiger partial charge in [-0.1, -0.05) is 108 Å². The maximum absolute atomic E-state index is 12.5. The summed E-state index contributed by atoms with van der Waals surface area (Å²) in [6.07, 6.45) is 16.9. The van der Waals surface area contributed by atoms with Gasteiger partial charge in [-0.05, 0) is 32.5 Å². The van der Waals surface area contributed by atoms with Gasteiger partial charge in [0, 0.05) is 6.54 Å². The zero-order valence-corrected chi connectivity index (χ0v) is 18.7. The van der Waals surface area contributed by atoms with E-state index in [9.17, 15) is 4.79 Å². The van der Waals surface area contributed by atoms with Crippen molar-refractivity contribution in [2.45, 2.75) is 96.4 Å². The highest BCUT2D eigenvalue weighted by Crippen LogP contribution is 2.12. The third-order valence-electron chi connectivity index (χ3n) is 5.53. The van der Waals surface area contributed by atoms with E-state index in [1.165, 1.54) is 76.2 Å². The number of amides is 1. The highest BCUT2D eigenvalue weighted by molar-refractivity contribution is 5.82. The molecule has 0 aliphatic carbocycles. The van der Waals surface area contributed by atoms with E-state index < -0.39 is 0 Å². The molecule has 1 aromatic rings. The van der Waals surface area contributed by atoms with Gasteiger partial charge in [-0.3, -0.25) is 9.69 Å². The average molecular weight is 389 g/mol. The van der Waals surface area contributed by atoms with Gasteiger partial charge >= 0.3 is 0 Å². The van der Waals surface area contributed by atoms with Crippen LogP contribution in [0.5, 0.6) is 0 Å². The zero-order chi connectivity index (χ0) is 20.5. The summed E-state index contributed by atoms with van der Waals surface area (Å²) >= 11 is 0. The molecule has 0 heterocycles. The van der Waals surface area contributed by atoms with Gasteiger partial charge in [-0.2, -0.15) is 0 Å². The fourth-order valence-electron chi connectivity index (χ4n) is 3.64. The van der Waals surface area contributed by atoms with Crippen molar-refractivity contribution in [2.75, 3.05) is 20.6 Å². The first-order valence-electron chi connectivity index (χ1n) is 11.6. The smallest absolute Gasteiger partial charge is 0.237 e. The third kappa shape index (κ3) is 12.2. The van der Waals surface area contributed by atoms with Crippen LogP contribution in [0.3, 0.4) is 0 Å². The number of carbonyl (C=O) groups excluding carboxylic acids is 1. The second-order valence-corrected chi connectivity index (χ2v) is 8.35. The lowest BCUT2D eigenvalue weighted by Gasteiger charge is -2.23. The molecule has 160 valence electrons. The lowest BCUT2D eigenvalue weighted by Crippen LogP contribution is -2.45. The van der Waals surface area contributed by atoms with Crippen LogP contribution in [-0.4, -0.2) is 37.5 Å². The maximum Gasteiger partial charge on any atom is 0.237 e. The quantitative estimate of drug-likeness (QED) is 0.333. The van der Waals surface area contributed by atoms with E-state index in [2.05, 4.69) is 24.4 Å². The van der Waals surface area contributed by atoms with Gasteiger partial charge in [-0.15, -0.1) is 0 Å². The Bertz CT molecular complexity index is 487. The predicted molar refractivity (Wildman–Crippen MR) is 122 cm³/mol. The zero-order valence-electron chi connectivity index (χ0n) is 18.7. The number of rotatable bonds is 17. The molecule has 0 spiro atoms. The van der Waals surface area contributed by atoms with Gasteiger partial charge in [0.25, 0.3) is 0 Å². The van der Waals surface area contributed by atoms with Crippen molar-refractivity contribution >= 4 is 5.91 Å². The van der Waals surface area contributed by atoms with Crippen LogP contribution in [0, 0.1) is 0 Å². The number of nitrogens with one attached hydrogen (secondary N) is 1. The first kappa shape index (κ1) is 24.7. The Morgan fingerprint density at radius 1 is 0.821 bits per heavy atom. The van der Waals surface area contributed by atoms with Crippen LogP contribution >= 0.6 is 0 Å². The van der Waals surface area contributed by atoms with E-state index in [-0.39, 0.29) is 11.9 Å². The molecule has 1 unspecified atom stereocenters. The second-order valence-electron chi connectivity index (χ2n) is 8.35. The van der Waals surface area contributed by atoms with Crippen molar-refractivity contribution in [3.05, 3.63) is 35.9 Å². The molecule has 1 aromatic carbocycles. The van der Waals surface area contributed by atoms with Crippen molar-refractivity contribution < 1.29 is 4.79 Å². The van der Waals surface area contributed by atoms with Gasteiger partial charge in [0.1, 0.15) is 0 Å². The van der Waals surface area contributed by atoms with Gasteiger partial charge in [0.15, 0.2) is 0 Å². The Morgan fingerprint density at radius 2 is 1.32 bits per heavy atom. The minimum atomic E-state index is -0.0975. The van der Waals surface area contributed by atoms with E-state index in [1.807, 2.05) is 37.2 Å². The summed E-state index contributed by atoms with van der Waals surface area (Å²) in [7, 11) is 3.97. The molecule has 0 fully saturated rings. The molecule has 1 rings (SSSR count). The fraction of sp³-hybridized carbons (Fsp3) is 0.720. The van der Waals surface area contributed by atoms with Crippen molar-refractivity contribution in [3.63, 3.8) is 0 Å². The van der Waals surface area contributed by atoms with E-state index >= 15 is 0 Å². The molecule has 1 atom stereocenters. The predicted octanol–water partition coefficient (Wildman–Crippen LogP) is 5.98. The molecule has 1 N–H and O–H groups in total. The van der Waals surface area contributed by atoms with Crippen molar-refractivity contribution in [1.82, 2.24) is 10.2 Å². The molecule has 0 bridgehead atoms. The van der Waals surface area contributed by atoms with Crippen molar-refractivity contribution in [1.29, 1.82) is 0 Å². The van der Waals surface area contributed by atoms with E-state index in [0.29, 0.717) is 0 Å². The Labute approximate surface area is 174 Å². The summed E-state index contributed by atoms with van der Waals surface area (Å²) in [5.74, 6) is 0.150. The normalized spacial score (nSPS) is 12.3. The topological polar surface area (TPSA) is 32.3 Å². The van der Waals surface area contributed by atoms with Crippen LogP contribution in [0.2, 0.25) is 0 Å².